The van der Waals surface area contributed by atoms with Gasteiger partial charge in [-0.2, -0.15) is 5.01 Å². The summed E-state index contributed by atoms with van der Waals surface area (Å²) in [4.78, 5) is 5.23. The van der Waals surface area contributed by atoms with E-state index in [1.54, 1.807) is 0 Å². The second-order valence-corrected chi connectivity index (χ2v) is 13.9. The van der Waals surface area contributed by atoms with Gasteiger partial charge in [0.25, 0.3) is 0 Å². The number of anilines is 2. The van der Waals surface area contributed by atoms with Crippen molar-refractivity contribution in [3.05, 3.63) is 178 Å². The highest BCUT2D eigenvalue weighted by molar-refractivity contribution is 6.11. The molecule has 3 atom stereocenters. The van der Waals surface area contributed by atoms with Gasteiger partial charge in [0.05, 0.1) is 0 Å². The summed E-state index contributed by atoms with van der Waals surface area (Å²) in [6.07, 6.45) is 2.37. The smallest absolute Gasteiger partial charge is 0.147 e. The van der Waals surface area contributed by atoms with E-state index in [0.29, 0.717) is 11.8 Å². The van der Waals surface area contributed by atoms with Crippen LogP contribution in [0.25, 0.3) is 11.1 Å². The van der Waals surface area contributed by atoms with Crippen LogP contribution in [0.5, 0.6) is 0 Å². The van der Waals surface area contributed by atoms with Crippen LogP contribution in [0.4, 0.5) is 11.4 Å². The lowest BCUT2D eigenvalue weighted by Gasteiger charge is -2.27. The minimum Gasteiger partial charge on any atom is -0.355 e. The highest BCUT2D eigenvalue weighted by atomic mass is 15.6. The average molecular weight is 611 g/mol. The van der Waals surface area contributed by atoms with Crippen LogP contribution in [0.3, 0.4) is 0 Å². The van der Waals surface area contributed by atoms with Gasteiger partial charge in [-0.3, -0.25) is 0 Å². The molecule has 4 heteroatoms. The average Bonchev–Trinajstić information content (AvgIpc) is 3.50. The lowest BCUT2D eigenvalue weighted by molar-refractivity contribution is 0.181. The Hall–Kier alpha value is -5.19. The summed E-state index contributed by atoms with van der Waals surface area (Å²) >= 11 is 0. The fourth-order valence-corrected chi connectivity index (χ4v) is 8.30. The maximum absolute atomic E-state index is 5.23. The molecule has 0 fully saturated rings. The van der Waals surface area contributed by atoms with Crippen molar-refractivity contribution in [2.75, 3.05) is 5.32 Å². The summed E-state index contributed by atoms with van der Waals surface area (Å²) in [7, 11) is 0. The number of nitrogens with zero attached hydrogens (tertiary/aromatic N) is 2. The molecule has 3 unspecified atom stereocenters. The van der Waals surface area contributed by atoms with Crippen molar-refractivity contribution < 1.29 is 0 Å². The number of aryl methyl sites for hydroxylation is 1. The van der Waals surface area contributed by atoms with Gasteiger partial charge in [-0.25, -0.2) is 4.99 Å². The predicted molar refractivity (Wildman–Crippen MR) is 193 cm³/mol. The molecular formula is C43H38N4. The monoisotopic (exact) mass is 610 g/mol. The summed E-state index contributed by atoms with van der Waals surface area (Å²) in [6.45, 7) is 7.74. The zero-order chi connectivity index (χ0) is 31.7. The van der Waals surface area contributed by atoms with E-state index >= 15 is 0 Å². The molecule has 0 radical (unpaired) electrons. The number of para-hydroxylation sites is 1. The van der Waals surface area contributed by atoms with Gasteiger partial charge in [0.1, 0.15) is 12.0 Å². The van der Waals surface area contributed by atoms with Crippen molar-refractivity contribution in [1.82, 2.24) is 10.4 Å². The standard InChI is InChI=1S/C43H38N4/c1-27-13-11-14-28(23-27)26-47-42(29-15-5-4-6-16-29)45-41(46-47)30-17-12-18-31(24-30)44-37-22-10-8-20-33(37)38-34-25-35(34)40-39(38)32-19-7-9-21-36(32)43(40,2)3/h4-25,35,40,42,44H,26H2,1-3H3,(H,45,46). The molecule has 0 bridgehead atoms. The molecule has 0 spiro atoms. The highest BCUT2D eigenvalue weighted by Gasteiger charge is 2.57. The van der Waals surface area contributed by atoms with Gasteiger partial charge in [0, 0.05) is 40.9 Å². The number of amidine groups is 1. The number of rotatable bonds is 7. The Balaban J connectivity index is 1.05. The normalized spacial score (nSPS) is 21.8. The van der Waals surface area contributed by atoms with Gasteiger partial charge >= 0.3 is 0 Å². The SMILES string of the molecule is Cc1cccc(CN2NC(c3cccc(Nc4ccccc4C4=C5c6ccccc6C(C)(C)C5C5C=C45)c3)=NC2c2ccccc2)c1. The maximum Gasteiger partial charge on any atom is 0.147 e. The molecule has 4 aliphatic rings. The van der Waals surface area contributed by atoms with E-state index in [2.05, 4.69) is 170 Å². The van der Waals surface area contributed by atoms with Crippen molar-refractivity contribution >= 4 is 28.4 Å². The molecule has 5 aromatic rings. The lowest BCUT2D eigenvalue weighted by atomic mass is 9.75. The third-order valence-electron chi connectivity index (χ3n) is 10.5. The number of nitrogens with one attached hydrogen (secondary N) is 2. The molecular weight excluding hydrogens is 573 g/mol. The van der Waals surface area contributed by atoms with Crippen LogP contribution in [0, 0.1) is 18.8 Å². The number of hydrogen-bond donors (Lipinski definition) is 2. The Labute approximate surface area is 277 Å². The van der Waals surface area contributed by atoms with E-state index < -0.39 is 0 Å². The van der Waals surface area contributed by atoms with Crippen LogP contribution in [0.2, 0.25) is 0 Å². The van der Waals surface area contributed by atoms with Gasteiger partial charge in [-0.05, 0) is 69.5 Å². The van der Waals surface area contributed by atoms with Crippen LogP contribution in [-0.2, 0) is 12.0 Å². The van der Waals surface area contributed by atoms with E-state index in [-0.39, 0.29) is 11.6 Å². The van der Waals surface area contributed by atoms with E-state index in [9.17, 15) is 0 Å². The summed E-state index contributed by atoms with van der Waals surface area (Å²) in [5.41, 5.74) is 19.4. The molecule has 0 saturated carbocycles. The summed E-state index contributed by atoms with van der Waals surface area (Å²) in [5.74, 6) is 1.93. The van der Waals surface area contributed by atoms with E-state index in [1.165, 1.54) is 50.1 Å². The molecule has 0 amide bonds. The van der Waals surface area contributed by atoms with Crippen molar-refractivity contribution in [3.63, 3.8) is 0 Å². The van der Waals surface area contributed by atoms with Crippen LogP contribution in [0.15, 0.2) is 144 Å². The Kier molecular flexibility index (Phi) is 6.38. The number of benzene rings is 5. The molecule has 230 valence electrons. The summed E-state index contributed by atoms with van der Waals surface area (Å²) < 4.78 is 0. The number of allylic oxidation sites excluding steroid dienone is 4. The Morgan fingerprint density at radius 1 is 0.787 bits per heavy atom. The third kappa shape index (κ3) is 4.66. The topological polar surface area (TPSA) is 39.7 Å². The van der Waals surface area contributed by atoms with Crippen molar-refractivity contribution in [1.29, 1.82) is 0 Å². The lowest BCUT2D eigenvalue weighted by Crippen LogP contribution is -2.37. The second kappa shape index (κ2) is 10.7. The highest BCUT2D eigenvalue weighted by Crippen LogP contribution is 2.68. The van der Waals surface area contributed by atoms with E-state index in [0.717, 1.165) is 29.3 Å². The molecule has 3 aliphatic carbocycles. The fourth-order valence-electron chi connectivity index (χ4n) is 8.30. The van der Waals surface area contributed by atoms with Crippen molar-refractivity contribution in [3.8, 4) is 0 Å². The first-order chi connectivity index (χ1) is 23.0. The van der Waals surface area contributed by atoms with Crippen LogP contribution >= 0.6 is 0 Å². The van der Waals surface area contributed by atoms with Gasteiger partial charge in [0.2, 0.25) is 0 Å². The van der Waals surface area contributed by atoms with E-state index in [4.69, 9.17) is 4.99 Å². The minimum atomic E-state index is -0.119. The molecule has 47 heavy (non-hydrogen) atoms. The first-order valence-corrected chi connectivity index (χ1v) is 16.7. The molecule has 5 aromatic carbocycles. The molecule has 2 N–H and O–H groups in total. The van der Waals surface area contributed by atoms with Gasteiger partial charge < -0.3 is 10.7 Å². The third-order valence-corrected chi connectivity index (χ3v) is 10.5. The van der Waals surface area contributed by atoms with Crippen LogP contribution in [0.1, 0.15) is 59.0 Å². The molecule has 1 aliphatic heterocycles. The molecule has 1 heterocycles. The van der Waals surface area contributed by atoms with Gasteiger partial charge in [-0.1, -0.05) is 135 Å². The molecule has 0 saturated heterocycles. The van der Waals surface area contributed by atoms with Crippen molar-refractivity contribution in [2.24, 2.45) is 16.8 Å². The molecule has 4 nitrogen and oxygen atoms in total. The van der Waals surface area contributed by atoms with Crippen molar-refractivity contribution in [2.45, 2.75) is 38.9 Å². The van der Waals surface area contributed by atoms with Crippen LogP contribution < -0.4 is 10.7 Å². The van der Waals surface area contributed by atoms with Gasteiger partial charge in [0.15, 0.2) is 0 Å². The first-order valence-electron chi connectivity index (χ1n) is 16.7. The fraction of sp³-hybridized carbons (Fsp3) is 0.186. The number of hydrazine groups is 1. The Morgan fingerprint density at radius 3 is 2.40 bits per heavy atom. The molecule has 9 rings (SSSR count). The second-order valence-electron chi connectivity index (χ2n) is 13.9. The summed E-state index contributed by atoms with van der Waals surface area (Å²) in [6, 6.07) is 45.7. The predicted octanol–water partition coefficient (Wildman–Crippen LogP) is 9.59. The van der Waals surface area contributed by atoms with Gasteiger partial charge in [-0.15, -0.1) is 0 Å². The Bertz CT molecular complexity index is 2140. The largest absolute Gasteiger partial charge is 0.355 e. The maximum atomic E-state index is 5.23. The Morgan fingerprint density at radius 2 is 1.55 bits per heavy atom. The van der Waals surface area contributed by atoms with E-state index in [1.807, 2.05) is 0 Å². The quantitative estimate of drug-likeness (QED) is 0.193. The zero-order valence-electron chi connectivity index (χ0n) is 27.0. The number of aliphatic imine (C=N–C) groups is 1. The minimum absolute atomic E-state index is 0.118. The summed E-state index contributed by atoms with van der Waals surface area (Å²) in [5, 5.41) is 6.06. The zero-order valence-corrected chi connectivity index (χ0v) is 27.0. The first kappa shape index (κ1) is 28.1. The number of fused-ring (bicyclic) bond motifs is 5. The molecule has 0 aromatic heterocycles. The van der Waals surface area contributed by atoms with Crippen LogP contribution in [-0.4, -0.2) is 10.8 Å². The number of hydrogen-bond acceptors (Lipinski definition) is 4.